The summed E-state index contributed by atoms with van der Waals surface area (Å²) in [5.41, 5.74) is 1.02. The van der Waals surface area contributed by atoms with Crippen LogP contribution in [-0.2, 0) is 11.2 Å². The van der Waals surface area contributed by atoms with Gasteiger partial charge in [0.25, 0.3) is 0 Å². The Labute approximate surface area is 136 Å². The maximum Gasteiger partial charge on any atom is 0.244 e. The molecule has 0 saturated heterocycles. The first-order valence-electron chi connectivity index (χ1n) is 6.93. The molecule has 0 bridgehead atoms. The van der Waals surface area contributed by atoms with Crippen LogP contribution in [0.25, 0.3) is 16.3 Å². The zero-order chi connectivity index (χ0) is 15.4. The summed E-state index contributed by atoms with van der Waals surface area (Å²) in [6, 6.07) is 8.07. The lowest BCUT2D eigenvalue weighted by atomic mass is 10.3. The topological polar surface area (TPSA) is 54.9 Å². The molecule has 6 heteroatoms. The molecule has 1 amide bonds. The highest BCUT2D eigenvalue weighted by molar-refractivity contribution is 7.18. The zero-order valence-corrected chi connectivity index (χ0v) is 13.7. The van der Waals surface area contributed by atoms with Crippen LogP contribution in [0.1, 0.15) is 14.9 Å². The van der Waals surface area contributed by atoms with E-state index in [1.165, 1.54) is 4.70 Å². The monoisotopic (exact) mass is 329 g/mol. The Kier molecular flexibility index (Phi) is 4.60. The fourth-order valence-electron chi connectivity index (χ4n) is 1.99. The number of rotatable bonds is 5. The minimum Gasteiger partial charge on any atom is -0.352 e. The molecule has 0 spiro atoms. The molecular formula is C16H15N3OS2. The summed E-state index contributed by atoms with van der Waals surface area (Å²) < 4.78 is 1.18. The van der Waals surface area contributed by atoms with E-state index in [0.29, 0.717) is 6.54 Å². The van der Waals surface area contributed by atoms with Gasteiger partial charge in [-0.1, -0.05) is 12.1 Å². The second-order valence-corrected chi connectivity index (χ2v) is 7.11. The van der Waals surface area contributed by atoms with Crippen molar-refractivity contribution < 1.29 is 4.79 Å². The Hall–Kier alpha value is -2.05. The smallest absolute Gasteiger partial charge is 0.244 e. The van der Waals surface area contributed by atoms with Crippen LogP contribution in [0, 0.1) is 6.92 Å². The molecule has 0 atom stereocenters. The number of fused-ring (bicyclic) bond motifs is 1. The van der Waals surface area contributed by atoms with Crippen molar-refractivity contribution in [3.63, 3.8) is 0 Å². The third-order valence-electron chi connectivity index (χ3n) is 3.01. The Morgan fingerprint density at radius 2 is 2.18 bits per heavy atom. The van der Waals surface area contributed by atoms with E-state index in [0.717, 1.165) is 26.8 Å². The molecule has 2 heterocycles. The minimum absolute atomic E-state index is 0.0906. The lowest BCUT2D eigenvalue weighted by molar-refractivity contribution is -0.116. The maximum atomic E-state index is 11.8. The van der Waals surface area contributed by atoms with Gasteiger partial charge < -0.3 is 5.32 Å². The van der Waals surface area contributed by atoms with Gasteiger partial charge in [0.1, 0.15) is 0 Å². The molecule has 4 nitrogen and oxygen atoms in total. The van der Waals surface area contributed by atoms with Gasteiger partial charge in [0.05, 0.1) is 20.2 Å². The summed E-state index contributed by atoms with van der Waals surface area (Å²) in [6.45, 7) is 2.53. The van der Waals surface area contributed by atoms with Crippen LogP contribution < -0.4 is 5.32 Å². The van der Waals surface area contributed by atoms with Crippen LogP contribution in [0.5, 0.6) is 0 Å². The maximum absolute atomic E-state index is 11.8. The van der Waals surface area contributed by atoms with E-state index in [1.54, 1.807) is 41.0 Å². The molecule has 1 N–H and O–H groups in total. The average Bonchev–Trinajstić information content (AvgIpc) is 3.10. The summed E-state index contributed by atoms with van der Waals surface area (Å²) in [7, 11) is 0. The van der Waals surface area contributed by atoms with Crippen molar-refractivity contribution in [2.45, 2.75) is 13.3 Å². The number of aryl methyl sites for hydroxylation is 1. The number of benzene rings is 1. The number of hydrogen-bond acceptors (Lipinski definition) is 5. The van der Waals surface area contributed by atoms with Crippen molar-refractivity contribution in [2.75, 3.05) is 6.54 Å². The molecule has 3 rings (SSSR count). The molecule has 0 aliphatic carbocycles. The minimum atomic E-state index is -0.0906. The largest absolute Gasteiger partial charge is 0.352 e. The van der Waals surface area contributed by atoms with Gasteiger partial charge in [0.2, 0.25) is 5.91 Å². The normalized spacial score (nSPS) is 11.3. The molecule has 0 unspecified atom stereocenters. The number of hydrogen-bond donors (Lipinski definition) is 1. The summed E-state index contributed by atoms with van der Waals surface area (Å²) in [5.74, 6) is -0.0906. The first kappa shape index (κ1) is 14.9. The van der Waals surface area contributed by atoms with Crippen LogP contribution >= 0.6 is 22.7 Å². The number of nitrogens with zero attached hydrogens (tertiary/aromatic N) is 2. The Balaban J connectivity index is 1.50. The predicted molar refractivity (Wildman–Crippen MR) is 92.2 cm³/mol. The van der Waals surface area contributed by atoms with E-state index in [9.17, 15) is 4.79 Å². The SMILES string of the molecule is Cc1ncc(C=CC(=O)NCCc2nc3ccccc3s2)s1. The lowest BCUT2D eigenvalue weighted by Gasteiger charge is -1.99. The molecule has 1 aromatic carbocycles. The van der Waals surface area contributed by atoms with Crippen LogP contribution in [0.2, 0.25) is 0 Å². The van der Waals surface area contributed by atoms with Crippen molar-refractivity contribution in [1.82, 2.24) is 15.3 Å². The molecule has 2 aromatic heterocycles. The van der Waals surface area contributed by atoms with Gasteiger partial charge in [-0.05, 0) is 25.1 Å². The first-order chi connectivity index (χ1) is 10.7. The molecule has 0 fully saturated rings. The van der Waals surface area contributed by atoms with Gasteiger partial charge in [0.15, 0.2) is 0 Å². The standard InChI is InChI=1S/C16H15N3OS2/c1-11-18-10-12(21-11)6-7-15(20)17-9-8-16-19-13-4-2-3-5-14(13)22-16/h2-7,10H,8-9H2,1H3,(H,17,20). The summed E-state index contributed by atoms with van der Waals surface area (Å²) in [4.78, 5) is 21.4. The lowest BCUT2D eigenvalue weighted by Crippen LogP contribution is -2.23. The van der Waals surface area contributed by atoms with Gasteiger partial charge in [-0.25, -0.2) is 9.97 Å². The van der Waals surface area contributed by atoms with Crippen LogP contribution in [0.4, 0.5) is 0 Å². The highest BCUT2D eigenvalue weighted by Crippen LogP contribution is 2.21. The quantitative estimate of drug-likeness (QED) is 0.730. The molecule has 112 valence electrons. The van der Waals surface area contributed by atoms with Gasteiger partial charge >= 0.3 is 0 Å². The van der Waals surface area contributed by atoms with E-state index < -0.39 is 0 Å². The van der Waals surface area contributed by atoms with E-state index in [2.05, 4.69) is 21.4 Å². The van der Waals surface area contributed by atoms with Crippen molar-refractivity contribution in [3.8, 4) is 0 Å². The Morgan fingerprint density at radius 1 is 1.32 bits per heavy atom. The van der Waals surface area contributed by atoms with Crippen LogP contribution in [0.3, 0.4) is 0 Å². The third kappa shape index (κ3) is 3.78. The molecule has 3 aromatic rings. The number of para-hydroxylation sites is 1. The van der Waals surface area contributed by atoms with Gasteiger partial charge in [-0.15, -0.1) is 22.7 Å². The number of amides is 1. The highest BCUT2D eigenvalue weighted by Gasteiger charge is 2.03. The number of thiazole rings is 2. The molecule has 0 saturated carbocycles. The second-order valence-electron chi connectivity index (χ2n) is 4.73. The second kappa shape index (κ2) is 6.81. The van der Waals surface area contributed by atoms with Gasteiger partial charge in [0, 0.05) is 30.1 Å². The van der Waals surface area contributed by atoms with Crippen molar-refractivity contribution in [1.29, 1.82) is 0 Å². The van der Waals surface area contributed by atoms with E-state index in [1.807, 2.05) is 25.1 Å². The molecule has 22 heavy (non-hydrogen) atoms. The van der Waals surface area contributed by atoms with Crippen molar-refractivity contribution in [3.05, 3.63) is 51.4 Å². The fourth-order valence-corrected chi connectivity index (χ4v) is 3.65. The van der Waals surface area contributed by atoms with Crippen molar-refractivity contribution >= 4 is 44.9 Å². The number of aromatic nitrogens is 2. The Bertz CT molecular complexity index is 787. The van der Waals surface area contributed by atoms with Crippen LogP contribution in [-0.4, -0.2) is 22.4 Å². The van der Waals surface area contributed by atoms with Gasteiger partial charge in [-0.2, -0.15) is 0 Å². The number of nitrogens with one attached hydrogen (secondary N) is 1. The summed E-state index contributed by atoms with van der Waals surface area (Å²) >= 11 is 3.24. The fraction of sp³-hybridized carbons (Fsp3) is 0.188. The predicted octanol–water partition coefficient (Wildman–Crippen LogP) is 3.43. The third-order valence-corrected chi connectivity index (χ3v) is 4.99. The average molecular weight is 329 g/mol. The molecular weight excluding hydrogens is 314 g/mol. The highest BCUT2D eigenvalue weighted by atomic mass is 32.1. The van der Waals surface area contributed by atoms with E-state index in [-0.39, 0.29) is 5.91 Å². The van der Waals surface area contributed by atoms with Crippen molar-refractivity contribution in [2.24, 2.45) is 0 Å². The van der Waals surface area contributed by atoms with Crippen LogP contribution in [0.15, 0.2) is 36.5 Å². The Morgan fingerprint density at radius 3 is 2.95 bits per heavy atom. The first-order valence-corrected chi connectivity index (χ1v) is 8.57. The number of carbonyl (C=O) groups excluding carboxylic acids is 1. The summed E-state index contributed by atoms with van der Waals surface area (Å²) in [6.07, 6.45) is 5.85. The zero-order valence-electron chi connectivity index (χ0n) is 12.1. The molecule has 0 aliphatic rings. The van der Waals surface area contributed by atoms with E-state index >= 15 is 0 Å². The van der Waals surface area contributed by atoms with Gasteiger partial charge in [-0.3, -0.25) is 4.79 Å². The summed E-state index contributed by atoms with van der Waals surface area (Å²) in [5, 5.41) is 4.92. The number of carbonyl (C=O) groups is 1. The molecule has 0 aliphatic heterocycles. The van der Waals surface area contributed by atoms with E-state index in [4.69, 9.17) is 0 Å². The molecule has 0 radical (unpaired) electrons.